The van der Waals surface area contributed by atoms with Crippen LogP contribution in [0.1, 0.15) is 23.6 Å². The Labute approximate surface area is 218 Å². The molecule has 0 saturated carbocycles. The number of anilines is 1. The lowest BCUT2D eigenvalue weighted by atomic mass is 9.91. The minimum atomic E-state index is -2.31. The summed E-state index contributed by atoms with van der Waals surface area (Å²) in [6.45, 7) is 5.63. The number of fused-ring (bicyclic) bond motifs is 1. The number of carbonyl (C=O) groups is 4. The van der Waals surface area contributed by atoms with Gasteiger partial charge in [-0.3, -0.25) is 24.5 Å². The Morgan fingerprint density at radius 3 is 2.41 bits per heavy atom. The number of rotatable bonds is 6. The van der Waals surface area contributed by atoms with E-state index in [4.69, 9.17) is 4.74 Å². The molecule has 12 heteroatoms. The van der Waals surface area contributed by atoms with Gasteiger partial charge in [-0.05, 0) is 41.8 Å². The van der Waals surface area contributed by atoms with Gasteiger partial charge in [-0.1, -0.05) is 37.5 Å². The maximum Gasteiger partial charge on any atom is 0.286 e. The molecule has 2 aliphatic heterocycles. The molecule has 0 radical (unpaired) electrons. The van der Waals surface area contributed by atoms with Crippen LogP contribution in [0.2, 0.25) is 19.6 Å². The summed E-state index contributed by atoms with van der Waals surface area (Å²) in [6.07, 6.45) is 0.158. The van der Waals surface area contributed by atoms with E-state index in [0.29, 0.717) is 17.7 Å². The molecule has 2 aromatic rings. The van der Waals surface area contributed by atoms with Crippen molar-refractivity contribution in [2.24, 2.45) is 0 Å². The Morgan fingerprint density at radius 2 is 1.84 bits per heavy atom. The molecule has 2 heterocycles. The van der Waals surface area contributed by atoms with Crippen molar-refractivity contribution in [2.45, 2.75) is 43.8 Å². The van der Waals surface area contributed by atoms with Crippen molar-refractivity contribution < 1.29 is 32.7 Å². The Kier molecular flexibility index (Phi) is 7.42. The first-order valence-corrected chi connectivity index (χ1v) is 16.0. The van der Waals surface area contributed by atoms with Crippen molar-refractivity contribution in [3.8, 4) is 5.75 Å². The number of thioether (sulfide) groups is 1. The zero-order chi connectivity index (χ0) is 27.1. The Balaban J connectivity index is 1.66. The molecule has 4 amide bonds. The van der Waals surface area contributed by atoms with E-state index in [9.17, 15) is 28.0 Å². The van der Waals surface area contributed by atoms with Crippen molar-refractivity contribution in [1.82, 2.24) is 10.2 Å². The van der Waals surface area contributed by atoms with Crippen molar-refractivity contribution in [1.29, 1.82) is 0 Å². The average Bonchev–Trinajstić information content (AvgIpc) is 3.12. The molecule has 2 aromatic carbocycles. The summed E-state index contributed by atoms with van der Waals surface area (Å²) in [4.78, 5) is 51.7. The SMILES string of the molecule is COc1ccc2c(c1)CCN(C(=O)CC1SC(=O)NC1=O)C2C(=O)Nc1cc(F)c([Si](C)(C)C)c(F)c1. The second-order valence-electron chi connectivity index (χ2n) is 9.95. The zero-order valence-corrected chi connectivity index (χ0v) is 22.6. The minimum absolute atomic E-state index is 0.0410. The molecule has 1 saturated heterocycles. The minimum Gasteiger partial charge on any atom is -0.497 e. The molecule has 4 rings (SSSR count). The number of halogens is 2. The van der Waals surface area contributed by atoms with Gasteiger partial charge in [-0.25, -0.2) is 8.78 Å². The third-order valence-electron chi connectivity index (χ3n) is 6.33. The van der Waals surface area contributed by atoms with Gasteiger partial charge in [-0.15, -0.1) is 0 Å². The molecule has 2 unspecified atom stereocenters. The standard InChI is InChI=1S/C25H27F2N3O5SSi/c1-35-15-5-6-16-13(9-15)7-8-30(20(31)12-19-23(32)29-25(34)36-19)21(16)24(33)28-14-10-17(26)22(18(27)11-14)37(2,3)4/h5-6,9-11,19,21H,7-8,12H2,1-4H3,(H,28,33)(H,29,32,34). The molecule has 0 bridgehead atoms. The molecule has 1 fully saturated rings. The average molecular weight is 548 g/mol. The first-order valence-electron chi connectivity index (χ1n) is 11.7. The van der Waals surface area contributed by atoms with Crippen LogP contribution in [0.4, 0.5) is 19.3 Å². The van der Waals surface area contributed by atoms with Crippen molar-refractivity contribution in [3.63, 3.8) is 0 Å². The predicted molar refractivity (Wildman–Crippen MR) is 139 cm³/mol. The molecule has 0 aliphatic carbocycles. The first kappa shape index (κ1) is 26.8. The van der Waals surface area contributed by atoms with Gasteiger partial charge >= 0.3 is 0 Å². The molecule has 0 spiro atoms. The van der Waals surface area contributed by atoms with Gasteiger partial charge in [0.2, 0.25) is 11.8 Å². The van der Waals surface area contributed by atoms with Crippen molar-refractivity contribution in [3.05, 3.63) is 53.1 Å². The number of amides is 4. The fourth-order valence-corrected chi connectivity index (χ4v) is 7.04. The third-order valence-corrected chi connectivity index (χ3v) is 9.29. The van der Waals surface area contributed by atoms with E-state index in [2.05, 4.69) is 10.6 Å². The molecule has 37 heavy (non-hydrogen) atoms. The molecule has 8 nitrogen and oxygen atoms in total. The molecular weight excluding hydrogens is 520 g/mol. The van der Waals surface area contributed by atoms with Crippen LogP contribution >= 0.6 is 11.8 Å². The second-order valence-corrected chi connectivity index (χ2v) is 16.1. The lowest BCUT2D eigenvalue weighted by molar-refractivity contribution is -0.140. The number of nitrogens with zero attached hydrogens (tertiary/aromatic N) is 1. The largest absolute Gasteiger partial charge is 0.497 e. The van der Waals surface area contributed by atoms with Crippen LogP contribution in [0.25, 0.3) is 0 Å². The van der Waals surface area contributed by atoms with E-state index in [1.165, 1.54) is 12.0 Å². The number of imide groups is 1. The summed E-state index contributed by atoms with van der Waals surface area (Å²) in [5, 5.41) is 3.34. The molecule has 2 aliphatic rings. The molecular formula is C25H27F2N3O5SSi. The van der Waals surface area contributed by atoms with Crippen LogP contribution in [0.15, 0.2) is 30.3 Å². The number of hydrogen-bond acceptors (Lipinski definition) is 6. The van der Waals surface area contributed by atoms with Gasteiger partial charge in [0.1, 0.15) is 28.7 Å². The quantitative estimate of drug-likeness (QED) is 0.538. The number of methoxy groups -OCH3 is 1. The number of ether oxygens (including phenoxy) is 1. The fourth-order valence-electron chi connectivity index (χ4n) is 4.66. The van der Waals surface area contributed by atoms with Gasteiger partial charge in [-0.2, -0.15) is 0 Å². The van der Waals surface area contributed by atoms with Crippen molar-refractivity contribution in [2.75, 3.05) is 19.0 Å². The van der Waals surface area contributed by atoms with Crippen LogP contribution in [0, 0.1) is 11.6 Å². The normalized spacial score (nSPS) is 19.4. The third kappa shape index (κ3) is 5.54. The van der Waals surface area contributed by atoms with Crippen LogP contribution in [-0.2, 0) is 20.8 Å². The van der Waals surface area contributed by atoms with E-state index >= 15 is 0 Å². The maximum absolute atomic E-state index is 14.8. The Morgan fingerprint density at radius 1 is 1.16 bits per heavy atom. The summed E-state index contributed by atoms with van der Waals surface area (Å²) < 4.78 is 34.9. The number of hydrogen-bond donors (Lipinski definition) is 2. The predicted octanol–water partition coefficient (Wildman–Crippen LogP) is 3.32. The van der Waals surface area contributed by atoms with E-state index in [1.54, 1.807) is 18.2 Å². The van der Waals surface area contributed by atoms with Crippen molar-refractivity contribution >= 4 is 53.7 Å². The maximum atomic E-state index is 14.8. The highest BCUT2D eigenvalue weighted by Crippen LogP contribution is 2.35. The summed E-state index contributed by atoms with van der Waals surface area (Å²) in [5.74, 6) is -2.58. The van der Waals surface area contributed by atoms with Gasteiger partial charge < -0.3 is 15.0 Å². The molecule has 2 atom stereocenters. The van der Waals surface area contributed by atoms with Crippen LogP contribution < -0.4 is 20.6 Å². The lowest BCUT2D eigenvalue weighted by Crippen LogP contribution is -2.46. The van der Waals surface area contributed by atoms with Crippen LogP contribution in [-0.4, -0.2) is 54.8 Å². The van der Waals surface area contributed by atoms with Gasteiger partial charge in [0.15, 0.2) is 0 Å². The van der Waals surface area contributed by atoms with Gasteiger partial charge in [0.05, 0.1) is 15.2 Å². The molecule has 196 valence electrons. The number of nitrogens with one attached hydrogen (secondary N) is 2. The van der Waals surface area contributed by atoms with E-state index in [-0.39, 0.29) is 23.8 Å². The van der Waals surface area contributed by atoms with Crippen LogP contribution in [0.5, 0.6) is 5.75 Å². The molecule has 0 aromatic heterocycles. The zero-order valence-electron chi connectivity index (χ0n) is 20.8. The lowest BCUT2D eigenvalue weighted by Gasteiger charge is -2.37. The highest BCUT2D eigenvalue weighted by molar-refractivity contribution is 8.15. The fraction of sp³-hybridized carbons (Fsp3) is 0.360. The number of benzene rings is 2. The molecule has 2 N–H and O–H groups in total. The van der Waals surface area contributed by atoms with Gasteiger partial charge in [0.25, 0.3) is 11.1 Å². The summed E-state index contributed by atoms with van der Waals surface area (Å²) in [6, 6.07) is 6.17. The Bertz CT molecular complexity index is 1280. The second kappa shape index (κ2) is 10.2. The summed E-state index contributed by atoms with van der Waals surface area (Å²) in [7, 11) is -0.797. The summed E-state index contributed by atoms with van der Waals surface area (Å²) in [5.41, 5.74) is 1.27. The van der Waals surface area contributed by atoms with E-state index < -0.39 is 54.0 Å². The highest BCUT2D eigenvalue weighted by Gasteiger charge is 2.40. The summed E-state index contributed by atoms with van der Waals surface area (Å²) >= 11 is 0.731. The van der Waals surface area contributed by atoms with Crippen LogP contribution in [0.3, 0.4) is 0 Å². The monoisotopic (exact) mass is 547 g/mol. The van der Waals surface area contributed by atoms with E-state index in [1.807, 2.05) is 19.6 Å². The van der Waals surface area contributed by atoms with E-state index in [0.717, 1.165) is 29.5 Å². The first-order chi connectivity index (χ1) is 17.4. The number of carbonyl (C=O) groups excluding carboxylic acids is 4. The highest BCUT2D eigenvalue weighted by atomic mass is 32.2. The topological polar surface area (TPSA) is 105 Å². The van der Waals surface area contributed by atoms with Gasteiger partial charge in [0, 0.05) is 23.8 Å². The Hall–Kier alpha value is -3.25. The smallest absolute Gasteiger partial charge is 0.286 e.